The summed E-state index contributed by atoms with van der Waals surface area (Å²) in [5.74, 6) is 0.676. The third kappa shape index (κ3) is 3.21. The lowest BCUT2D eigenvalue weighted by Crippen LogP contribution is -2.37. The molecule has 0 radical (unpaired) electrons. The van der Waals surface area contributed by atoms with Crippen molar-refractivity contribution < 1.29 is 9.66 Å². The van der Waals surface area contributed by atoms with E-state index in [1.165, 1.54) is 12.4 Å². The molecule has 2 heterocycles. The van der Waals surface area contributed by atoms with Crippen molar-refractivity contribution in [3.05, 3.63) is 46.9 Å². The van der Waals surface area contributed by atoms with E-state index in [2.05, 4.69) is 14.9 Å². The number of aromatic nitrogens is 2. The molecule has 120 valence electrons. The van der Waals surface area contributed by atoms with Crippen molar-refractivity contribution in [3.63, 3.8) is 0 Å². The Morgan fingerprint density at radius 2 is 2.09 bits per heavy atom. The van der Waals surface area contributed by atoms with Gasteiger partial charge in [0.05, 0.1) is 29.5 Å². The van der Waals surface area contributed by atoms with Gasteiger partial charge in [-0.25, -0.2) is 9.97 Å². The first-order valence-electron chi connectivity index (χ1n) is 7.27. The second-order valence-corrected chi connectivity index (χ2v) is 5.16. The lowest BCUT2D eigenvalue weighted by atomic mass is 10.2. The zero-order valence-electron chi connectivity index (χ0n) is 12.8. The largest absolute Gasteiger partial charge is 0.378 e. The van der Waals surface area contributed by atoms with Crippen LogP contribution in [-0.2, 0) is 4.74 Å². The minimum absolute atomic E-state index is 0.0536. The Bertz CT molecular complexity index is 689. The molecule has 8 nitrogen and oxygen atoms in total. The number of hydrogen-bond donors (Lipinski definition) is 0. The van der Waals surface area contributed by atoms with Crippen LogP contribution in [0, 0.1) is 10.1 Å². The normalized spacial score (nSPS) is 14.6. The Balaban J connectivity index is 2.03. The summed E-state index contributed by atoms with van der Waals surface area (Å²) >= 11 is 0. The van der Waals surface area contributed by atoms with Crippen molar-refractivity contribution in [1.82, 2.24) is 9.97 Å². The highest BCUT2D eigenvalue weighted by atomic mass is 16.6. The fraction of sp³-hybridized carbons (Fsp3) is 0.333. The van der Waals surface area contributed by atoms with E-state index in [9.17, 15) is 10.1 Å². The average molecular weight is 315 g/mol. The molecule has 23 heavy (non-hydrogen) atoms. The summed E-state index contributed by atoms with van der Waals surface area (Å²) in [6.07, 6.45) is 3.10. The Morgan fingerprint density at radius 3 is 2.74 bits per heavy atom. The van der Waals surface area contributed by atoms with Crippen molar-refractivity contribution in [1.29, 1.82) is 0 Å². The van der Waals surface area contributed by atoms with E-state index in [4.69, 9.17) is 4.74 Å². The van der Waals surface area contributed by atoms with Crippen LogP contribution in [0.4, 0.5) is 22.9 Å². The molecule has 1 aliphatic heterocycles. The van der Waals surface area contributed by atoms with Crippen LogP contribution in [0.1, 0.15) is 0 Å². The second-order valence-electron chi connectivity index (χ2n) is 5.16. The molecule has 1 saturated heterocycles. The van der Waals surface area contributed by atoms with Gasteiger partial charge >= 0.3 is 0 Å². The first kappa shape index (κ1) is 15.2. The highest BCUT2D eigenvalue weighted by Gasteiger charge is 2.21. The molecule has 1 fully saturated rings. The van der Waals surface area contributed by atoms with E-state index in [0.717, 1.165) is 24.5 Å². The van der Waals surface area contributed by atoms with Gasteiger partial charge in [0.25, 0.3) is 5.69 Å². The van der Waals surface area contributed by atoms with Crippen LogP contribution in [0.2, 0.25) is 0 Å². The zero-order chi connectivity index (χ0) is 16.2. The van der Waals surface area contributed by atoms with Gasteiger partial charge < -0.3 is 14.5 Å². The highest BCUT2D eigenvalue weighted by Crippen LogP contribution is 2.35. The lowest BCUT2D eigenvalue weighted by molar-refractivity contribution is -0.384. The molecule has 0 atom stereocenters. The summed E-state index contributed by atoms with van der Waals surface area (Å²) in [4.78, 5) is 22.9. The number of nitro benzene ring substituents is 1. The van der Waals surface area contributed by atoms with Crippen LogP contribution < -0.4 is 9.80 Å². The van der Waals surface area contributed by atoms with E-state index < -0.39 is 0 Å². The van der Waals surface area contributed by atoms with E-state index in [0.29, 0.717) is 19.0 Å². The summed E-state index contributed by atoms with van der Waals surface area (Å²) in [7, 11) is 1.84. The Hall–Kier alpha value is -2.74. The van der Waals surface area contributed by atoms with Gasteiger partial charge in [0, 0.05) is 38.5 Å². The maximum absolute atomic E-state index is 11.1. The van der Waals surface area contributed by atoms with Gasteiger partial charge in [-0.3, -0.25) is 10.1 Å². The molecule has 1 aliphatic rings. The molecule has 0 spiro atoms. The molecule has 0 bridgehead atoms. The Morgan fingerprint density at radius 1 is 1.30 bits per heavy atom. The van der Waals surface area contributed by atoms with Crippen LogP contribution in [0.5, 0.6) is 0 Å². The van der Waals surface area contributed by atoms with E-state index >= 15 is 0 Å². The van der Waals surface area contributed by atoms with Crippen molar-refractivity contribution in [3.8, 4) is 0 Å². The molecule has 0 amide bonds. The third-order valence-electron chi connectivity index (χ3n) is 3.79. The van der Waals surface area contributed by atoms with E-state index in [1.54, 1.807) is 24.4 Å². The fourth-order valence-corrected chi connectivity index (χ4v) is 2.57. The van der Waals surface area contributed by atoms with Crippen LogP contribution in [0.15, 0.2) is 36.8 Å². The number of nitrogens with zero attached hydrogens (tertiary/aromatic N) is 5. The van der Waals surface area contributed by atoms with Crippen molar-refractivity contribution in [2.45, 2.75) is 0 Å². The topological polar surface area (TPSA) is 84.6 Å². The Kier molecular flexibility index (Phi) is 4.33. The standard InChI is InChI=1S/C15H17N5O3/c1-18(15-4-5-16-11-17-15)14-10-12(20(21)22)2-3-13(14)19-6-8-23-9-7-19/h2-5,10-11H,6-9H2,1H3. The molecule has 2 aromatic rings. The van der Waals surface area contributed by atoms with E-state index in [1.807, 2.05) is 11.9 Å². The molecule has 1 aromatic carbocycles. The lowest BCUT2D eigenvalue weighted by Gasteiger charge is -2.32. The van der Waals surface area contributed by atoms with Gasteiger partial charge in [0.1, 0.15) is 12.1 Å². The highest BCUT2D eigenvalue weighted by molar-refractivity contribution is 5.78. The van der Waals surface area contributed by atoms with E-state index in [-0.39, 0.29) is 10.6 Å². The first-order chi connectivity index (χ1) is 11.2. The molecule has 0 unspecified atom stereocenters. The average Bonchev–Trinajstić information content (AvgIpc) is 2.62. The minimum Gasteiger partial charge on any atom is -0.378 e. The maximum atomic E-state index is 11.1. The number of hydrogen-bond acceptors (Lipinski definition) is 7. The molecule has 0 aliphatic carbocycles. The predicted octanol–water partition coefficient (Wildman–Crippen LogP) is 1.99. The zero-order valence-corrected chi connectivity index (χ0v) is 12.8. The van der Waals surface area contributed by atoms with Crippen molar-refractivity contribution in [2.75, 3.05) is 43.2 Å². The first-order valence-corrected chi connectivity index (χ1v) is 7.27. The molecular weight excluding hydrogens is 298 g/mol. The molecule has 8 heteroatoms. The van der Waals surface area contributed by atoms with Crippen LogP contribution in [0.3, 0.4) is 0 Å². The predicted molar refractivity (Wildman–Crippen MR) is 86.2 cm³/mol. The molecule has 0 saturated carbocycles. The fourth-order valence-electron chi connectivity index (χ4n) is 2.57. The Labute approximate surface area is 133 Å². The van der Waals surface area contributed by atoms with Crippen LogP contribution in [-0.4, -0.2) is 48.2 Å². The van der Waals surface area contributed by atoms with Gasteiger partial charge in [-0.15, -0.1) is 0 Å². The molecule has 3 rings (SSSR count). The van der Waals surface area contributed by atoms with Gasteiger partial charge in [0.2, 0.25) is 0 Å². The van der Waals surface area contributed by atoms with Gasteiger partial charge in [-0.05, 0) is 12.1 Å². The monoisotopic (exact) mass is 315 g/mol. The smallest absolute Gasteiger partial charge is 0.271 e. The molecule has 1 aromatic heterocycles. The molecule has 0 N–H and O–H groups in total. The number of ether oxygens (including phenoxy) is 1. The maximum Gasteiger partial charge on any atom is 0.271 e. The van der Waals surface area contributed by atoms with Crippen LogP contribution in [0.25, 0.3) is 0 Å². The second kappa shape index (κ2) is 6.57. The molecular formula is C15H17N5O3. The summed E-state index contributed by atoms with van der Waals surface area (Å²) < 4.78 is 5.38. The quantitative estimate of drug-likeness (QED) is 0.630. The SMILES string of the molecule is CN(c1ccncn1)c1cc([N+](=O)[O-])ccc1N1CCOCC1. The van der Waals surface area contributed by atoms with Gasteiger partial charge in [-0.1, -0.05) is 0 Å². The third-order valence-corrected chi connectivity index (χ3v) is 3.79. The summed E-state index contributed by atoms with van der Waals surface area (Å²) in [6.45, 7) is 2.80. The summed E-state index contributed by atoms with van der Waals surface area (Å²) in [5, 5.41) is 11.1. The van der Waals surface area contributed by atoms with Crippen molar-refractivity contribution in [2.24, 2.45) is 0 Å². The number of benzene rings is 1. The summed E-state index contributed by atoms with van der Waals surface area (Å²) in [5.41, 5.74) is 1.72. The number of rotatable bonds is 4. The van der Waals surface area contributed by atoms with Crippen molar-refractivity contribution >= 4 is 22.9 Å². The summed E-state index contributed by atoms with van der Waals surface area (Å²) in [6, 6.07) is 6.66. The number of anilines is 3. The minimum atomic E-state index is -0.388. The number of nitro groups is 1. The van der Waals surface area contributed by atoms with Gasteiger partial charge in [0.15, 0.2) is 0 Å². The number of non-ortho nitro benzene ring substituents is 1. The number of morpholine rings is 1. The van der Waals surface area contributed by atoms with Crippen LogP contribution >= 0.6 is 0 Å². The van der Waals surface area contributed by atoms with Gasteiger partial charge in [-0.2, -0.15) is 0 Å².